The molecule has 134 valence electrons. The van der Waals surface area contributed by atoms with Crippen LogP contribution >= 0.6 is 0 Å². The summed E-state index contributed by atoms with van der Waals surface area (Å²) >= 11 is 0. The van der Waals surface area contributed by atoms with Crippen molar-refractivity contribution in [1.82, 2.24) is 35.3 Å². The number of carbonyl (C=O) groups excluding carboxylic acids is 1. The summed E-state index contributed by atoms with van der Waals surface area (Å²) in [5.74, 6) is -0.117. The van der Waals surface area contributed by atoms with Crippen LogP contribution in [0, 0.1) is 0 Å². The van der Waals surface area contributed by atoms with Crippen LogP contribution in [-0.2, 0) is 6.42 Å². The van der Waals surface area contributed by atoms with Gasteiger partial charge in [-0.05, 0) is 58.8 Å². The van der Waals surface area contributed by atoms with Crippen molar-refractivity contribution in [2.75, 3.05) is 6.54 Å². The minimum atomic E-state index is -0.117. The molecule has 0 fully saturated rings. The van der Waals surface area contributed by atoms with Crippen LogP contribution in [0.1, 0.15) is 15.9 Å². The SMILES string of the molecule is O=C(NCCc1cnn(-c2ccccc2)c1)c1ccc(-n2cnnn2)cc1. The molecule has 2 aromatic heterocycles. The van der Waals surface area contributed by atoms with Gasteiger partial charge >= 0.3 is 0 Å². The molecule has 8 heteroatoms. The molecule has 1 N–H and O–H groups in total. The second-order valence-corrected chi connectivity index (χ2v) is 5.94. The Labute approximate surface area is 155 Å². The number of aromatic nitrogens is 6. The van der Waals surface area contributed by atoms with Crippen LogP contribution in [0.2, 0.25) is 0 Å². The van der Waals surface area contributed by atoms with Gasteiger partial charge < -0.3 is 5.32 Å². The summed E-state index contributed by atoms with van der Waals surface area (Å²) in [6, 6.07) is 17.0. The topological polar surface area (TPSA) is 90.5 Å². The lowest BCUT2D eigenvalue weighted by atomic mass is 10.2. The Kier molecular flexibility index (Phi) is 4.69. The maximum absolute atomic E-state index is 12.3. The fourth-order valence-electron chi connectivity index (χ4n) is 2.68. The first-order valence-corrected chi connectivity index (χ1v) is 8.50. The summed E-state index contributed by atoms with van der Waals surface area (Å²) in [5, 5.41) is 18.3. The maximum atomic E-state index is 12.3. The molecule has 27 heavy (non-hydrogen) atoms. The minimum Gasteiger partial charge on any atom is -0.352 e. The minimum absolute atomic E-state index is 0.117. The monoisotopic (exact) mass is 359 g/mol. The number of tetrazole rings is 1. The van der Waals surface area contributed by atoms with Gasteiger partial charge in [-0.25, -0.2) is 9.36 Å². The van der Waals surface area contributed by atoms with E-state index < -0.39 is 0 Å². The Bertz CT molecular complexity index is 1010. The van der Waals surface area contributed by atoms with Crippen LogP contribution in [0.3, 0.4) is 0 Å². The van der Waals surface area contributed by atoms with Crippen molar-refractivity contribution >= 4 is 5.91 Å². The van der Waals surface area contributed by atoms with E-state index in [1.54, 1.807) is 24.3 Å². The van der Waals surface area contributed by atoms with E-state index >= 15 is 0 Å². The number of hydrogen-bond donors (Lipinski definition) is 1. The third-order valence-corrected chi connectivity index (χ3v) is 4.10. The van der Waals surface area contributed by atoms with Gasteiger partial charge in [0, 0.05) is 18.3 Å². The summed E-state index contributed by atoms with van der Waals surface area (Å²) in [6.45, 7) is 0.536. The van der Waals surface area contributed by atoms with E-state index in [4.69, 9.17) is 0 Å². The average Bonchev–Trinajstić information content (AvgIpc) is 3.41. The lowest BCUT2D eigenvalue weighted by Crippen LogP contribution is -2.25. The van der Waals surface area contributed by atoms with Crippen molar-refractivity contribution < 1.29 is 4.79 Å². The first-order chi connectivity index (χ1) is 13.3. The van der Waals surface area contributed by atoms with E-state index in [-0.39, 0.29) is 5.91 Å². The maximum Gasteiger partial charge on any atom is 0.251 e. The Balaban J connectivity index is 1.31. The van der Waals surface area contributed by atoms with Crippen LogP contribution in [0.25, 0.3) is 11.4 Å². The summed E-state index contributed by atoms with van der Waals surface area (Å²) in [5.41, 5.74) is 3.46. The van der Waals surface area contributed by atoms with E-state index in [0.717, 1.165) is 16.9 Å². The molecule has 0 saturated heterocycles. The van der Waals surface area contributed by atoms with Gasteiger partial charge in [0.05, 0.1) is 17.6 Å². The molecule has 0 aliphatic rings. The van der Waals surface area contributed by atoms with E-state index in [2.05, 4.69) is 25.9 Å². The second kappa shape index (κ2) is 7.61. The van der Waals surface area contributed by atoms with Crippen molar-refractivity contribution in [3.8, 4) is 11.4 Å². The van der Waals surface area contributed by atoms with E-state index in [1.165, 1.54) is 11.0 Å². The largest absolute Gasteiger partial charge is 0.352 e. The van der Waals surface area contributed by atoms with Crippen molar-refractivity contribution in [1.29, 1.82) is 0 Å². The molecule has 2 heterocycles. The van der Waals surface area contributed by atoms with Gasteiger partial charge in [-0.1, -0.05) is 18.2 Å². The third-order valence-electron chi connectivity index (χ3n) is 4.10. The molecule has 0 radical (unpaired) electrons. The molecule has 0 unspecified atom stereocenters. The molecule has 4 aromatic rings. The predicted octanol–water partition coefficient (Wildman–Crippen LogP) is 1.82. The second-order valence-electron chi connectivity index (χ2n) is 5.94. The highest BCUT2D eigenvalue weighted by Crippen LogP contribution is 2.09. The number of carbonyl (C=O) groups is 1. The highest BCUT2D eigenvalue weighted by molar-refractivity contribution is 5.94. The first kappa shape index (κ1) is 16.6. The number of hydrogen-bond acceptors (Lipinski definition) is 5. The van der Waals surface area contributed by atoms with Gasteiger partial charge in [0.1, 0.15) is 6.33 Å². The van der Waals surface area contributed by atoms with Crippen molar-refractivity contribution in [2.45, 2.75) is 6.42 Å². The fourth-order valence-corrected chi connectivity index (χ4v) is 2.68. The molecule has 2 aromatic carbocycles. The van der Waals surface area contributed by atoms with Crippen molar-refractivity contribution in [3.63, 3.8) is 0 Å². The Morgan fingerprint density at radius 3 is 2.48 bits per heavy atom. The molecule has 0 aliphatic heterocycles. The van der Waals surface area contributed by atoms with E-state index in [0.29, 0.717) is 18.5 Å². The van der Waals surface area contributed by atoms with Gasteiger partial charge in [0.15, 0.2) is 0 Å². The average molecular weight is 359 g/mol. The highest BCUT2D eigenvalue weighted by atomic mass is 16.1. The third kappa shape index (κ3) is 3.90. The summed E-state index contributed by atoms with van der Waals surface area (Å²) in [6.07, 6.45) is 6.01. The summed E-state index contributed by atoms with van der Waals surface area (Å²) < 4.78 is 3.36. The van der Waals surface area contributed by atoms with Crippen LogP contribution < -0.4 is 5.32 Å². The molecule has 8 nitrogen and oxygen atoms in total. The van der Waals surface area contributed by atoms with Crippen LogP contribution in [0.15, 0.2) is 73.3 Å². The Morgan fingerprint density at radius 2 is 1.74 bits per heavy atom. The standard InChI is InChI=1S/C19H17N7O/c27-19(16-6-8-18(9-7-16)26-14-21-23-24-26)20-11-10-15-12-22-25(13-15)17-4-2-1-3-5-17/h1-9,12-14H,10-11H2,(H,20,27). The number of amides is 1. The van der Waals surface area contributed by atoms with Gasteiger partial charge in [0.25, 0.3) is 5.91 Å². The van der Waals surface area contributed by atoms with E-state index in [1.807, 2.05) is 47.4 Å². The number of para-hydroxylation sites is 1. The molecule has 1 amide bonds. The molecular formula is C19H17N7O. The van der Waals surface area contributed by atoms with Crippen LogP contribution in [-0.4, -0.2) is 42.4 Å². The molecular weight excluding hydrogens is 342 g/mol. The number of benzene rings is 2. The number of nitrogens with one attached hydrogen (secondary N) is 1. The molecule has 0 bridgehead atoms. The quantitative estimate of drug-likeness (QED) is 0.567. The normalized spacial score (nSPS) is 10.7. The molecule has 0 spiro atoms. The Morgan fingerprint density at radius 1 is 0.963 bits per heavy atom. The van der Waals surface area contributed by atoms with Gasteiger partial charge in [-0.2, -0.15) is 5.10 Å². The van der Waals surface area contributed by atoms with Crippen LogP contribution in [0.4, 0.5) is 0 Å². The zero-order valence-electron chi connectivity index (χ0n) is 14.4. The lowest BCUT2D eigenvalue weighted by molar-refractivity contribution is 0.0954. The smallest absolute Gasteiger partial charge is 0.251 e. The predicted molar refractivity (Wildman–Crippen MR) is 98.8 cm³/mol. The van der Waals surface area contributed by atoms with Gasteiger partial charge in [0.2, 0.25) is 0 Å². The zero-order chi connectivity index (χ0) is 18.5. The first-order valence-electron chi connectivity index (χ1n) is 8.50. The lowest BCUT2D eigenvalue weighted by Gasteiger charge is -2.05. The number of nitrogens with zero attached hydrogens (tertiary/aromatic N) is 6. The van der Waals surface area contributed by atoms with Gasteiger partial charge in [-0.15, -0.1) is 5.10 Å². The summed E-state index contributed by atoms with van der Waals surface area (Å²) in [7, 11) is 0. The Hall–Kier alpha value is -3.81. The molecule has 0 aliphatic carbocycles. The highest BCUT2D eigenvalue weighted by Gasteiger charge is 2.07. The molecule has 4 rings (SSSR count). The van der Waals surface area contributed by atoms with Crippen molar-refractivity contribution in [3.05, 3.63) is 84.4 Å². The summed E-state index contributed by atoms with van der Waals surface area (Å²) in [4.78, 5) is 12.3. The van der Waals surface area contributed by atoms with E-state index in [9.17, 15) is 4.79 Å². The van der Waals surface area contributed by atoms with Gasteiger partial charge in [-0.3, -0.25) is 4.79 Å². The zero-order valence-corrected chi connectivity index (χ0v) is 14.4. The fraction of sp³-hybridized carbons (Fsp3) is 0.105. The molecule has 0 saturated carbocycles. The molecule has 0 atom stereocenters. The number of rotatable bonds is 6. The van der Waals surface area contributed by atoms with Crippen LogP contribution in [0.5, 0.6) is 0 Å². The van der Waals surface area contributed by atoms with Crippen molar-refractivity contribution in [2.24, 2.45) is 0 Å².